The summed E-state index contributed by atoms with van der Waals surface area (Å²) in [6.07, 6.45) is 0.321. The van der Waals surface area contributed by atoms with Gasteiger partial charge in [-0.15, -0.1) is 0 Å². The summed E-state index contributed by atoms with van der Waals surface area (Å²) >= 11 is 0. The molecule has 2 N–H and O–H groups in total. The minimum atomic E-state index is -0.219. The van der Waals surface area contributed by atoms with Gasteiger partial charge < -0.3 is 14.5 Å². The summed E-state index contributed by atoms with van der Waals surface area (Å²) in [5, 5.41) is 0. The minimum Gasteiger partial charge on any atom is -0.497 e. The van der Waals surface area contributed by atoms with Crippen molar-refractivity contribution in [2.24, 2.45) is 0 Å². The zero-order chi connectivity index (χ0) is 16.4. The summed E-state index contributed by atoms with van der Waals surface area (Å²) < 4.78 is 5.13. The van der Waals surface area contributed by atoms with Gasteiger partial charge in [0.05, 0.1) is 25.8 Å². The Balaban J connectivity index is 1.72. The Morgan fingerprint density at radius 3 is 2.35 bits per heavy atom. The topological polar surface area (TPSA) is 55.5 Å². The quantitative estimate of drug-likeness (QED) is 0.640. The van der Waals surface area contributed by atoms with Gasteiger partial charge in [-0.1, -0.05) is 0 Å². The first-order valence-electron chi connectivity index (χ1n) is 8.33. The minimum absolute atomic E-state index is 0.0601. The molecule has 2 fully saturated rings. The summed E-state index contributed by atoms with van der Waals surface area (Å²) in [6, 6.07) is 6.87. The van der Waals surface area contributed by atoms with Gasteiger partial charge in [-0.2, -0.15) is 0 Å². The van der Waals surface area contributed by atoms with Gasteiger partial charge >= 0.3 is 0 Å². The predicted molar refractivity (Wildman–Crippen MR) is 85.8 cm³/mol. The number of anilines is 1. The number of likely N-dealkylation sites (N-methyl/N-ethyl adjacent to an activating group) is 1. The highest BCUT2D eigenvalue weighted by molar-refractivity contribution is 6.21. The van der Waals surface area contributed by atoms with E-state index in [2.05, 4.69) is 6.92 Å². The maximum absolute atomic E-state index is 12.8. The van der Waals surface area contributed by atoms with Crippen LogP contribution in [0, 0.1) is 0 Å². The van der Waals surface area contributed by atoms with Crippen LogP contribution in [0.3, 0.4) is 0 Å². The maximum Gasteiger partial charge on any atom is 0.292 e. The molecule has 6 heteroatoms. The lowest BCUT2D eigenvalue weighted by Gasteiger charge is -2.31. The van der Waals surface area contributed by atoms with Gasteiger partial charge in [-0.3, -0.25) is 9.59 Å². The number of ether oxygens (including phenoxy) is 1. The van der Waals surface area contributed by atoms with Crippen LogP contribution in [0.25, 0.3) is 0 Å². The van der Waals surface area contributed by atoms with Gasteiger partial charge in [0.25, 0.3) is 5.91 Å². The first kappa shape index (κ1) is 16.0. The molecular weight excluding hydrogens is 294 g/mol. The second-order valence-electron chi connectivity index (χ2n) is 6.28. The average Bonchev–Trinajstić information content (AvgIpc) is 2.89. The number of benzene rings is 1. The Morgan fingerprint density at radius 2 is 1.78 bits per heavy atom. The van der Waals surface area contributed by atoms with Gasteiger partial charge in [0.1, 0.15) is 31.9 Å². The Kier molecular flexibility index (Phi) is 4.63. The zero-order valence-electron chi connectivity index (χ0n) is 13.8. The SMILES string of the molecule is CC[NH+]1CC[NH+]([C@@H]2CC(=O)N(c3ccc(OC)cc3)C2=O)CC1. The van der Waals surface area contributed by atoms with Crippen LogP contribution < -0.4 is 19.4 Å². The van der Waals surface area contributed by atoms with Gasteiger partial charge in [0.15, 0.2) is 6.04 Å². The van der Waals surface area contributed by atoms with Gasteiger partial charge in [0.2, 0.25) is 5.91 Å². The standard InChI is InChI=1S/C17H23N3O3/c1-3-18-8-10-19(11-9-18)15-12-16(21)20(17(15)22)13-4-6-14(23-2)7-5-13/h4-7,15H,3,8-12H2,1-2H3/p+2/t15-/m1/s1. The monoisotopic (exact) mass is 319 g/mol. The summed E-state index contributed by atoms with van der Waals surface area (Å²) in [7, 11) is 1.60. The second kappa shape index (κ2) is 6.68. The van der Waals surface area contributed by atoms with E-state index < -0.39 is 0 Å². The van der Waals surface area contributed by atoms with E-state index in [1.807, 2.05) is 0 Å². The van der Waals surface area contributed by atoms with E-state index in [0.717, 1.165) is 32.7 Å². The highest BCUT2D eigenvalue weighted by Gasteiger charge is 2.46. The molecule has 1 aromatic carbocycles. The third kappa shape index (κ3) is 3.09. The van der Waals surface area contributed by atoms with Crippen LogP contribution in [0.2, 0.25) is 0 Å². The molecule has 0 aliphatic carbocycles. The van der Waals surface area contributed by atoms with E-state index in [1.165, 1.54) is 9.80 Å². The number of hydrogen-bond donors (Lipinski definition) is 2. The van der Waals surface area contributed by atoms with Crippen molar-refractivity contribution in [3.63, 3.8) is 0 Å². The van der Waals surface area contributed by atoms with Crippen LogP contribution in [-0.2, 0) is 9.59 Å². The molecule has 0 bridgehead atoms. The molecule has 0 spiro atoms. The highest BCUT2D eigenvalue weighted by Crippen LogP contribution is 2.24. The number of nitrogens with one attached hydrogen (secondary N) is 2. The fraction of sp³-hybridized carbons (Fsp3) is 0.529. The molecule has 0 saturated carbocycles. The molecule has 1 aromatic rings. The van der Waals surface area contributed by atoms with Crippen LogP contribution in [-0.4, -0.2) is 57.7 Å². The normalized spacial score (nSPS) is 28.3. The number of imide groups is 1. The highest BCUT2D eigenvalue weighted by atomic mass is 16.5. The molecule has 0 aromatic heterocycles. The summed E-state index contributed by atoms with van der Waals surface area (Å²) in [4.78, 5) is 29.3. The summed E-state index contributed by atoms with van der Waals surface area (Å²) in [5.41, 5.74) is 0.639. The number of nitrogens with zero attached hydrogens (tertiary/aromatic N) is 1. The van der Waals surface area contributed by atoms with Crippen molar-refractivity contribution in [3.8, 4) is 5.75 Å². The van der Waals surface area contributed by atoms with E-state index >= 15 is 0 Å². The van der Waals surface area contributed by atoms with E-state index in [9.17, 15) is 9.59 Å². The van der Waals surface area contributed by atoms with Crippen molar-refractivity contribution in [1.29, 1.82) is 0 Å². The van der Waals surface area contributed by atoms with E-state index in [0.29, 0.717) is 17.9 Å². The molecule has 2 heterocycles. The fourth-order valence-electron chi connectivity index (χ4n) is 3.58. The number of rotatable bonds is 4. The third-order valence-electron chi connectivity index (χ3n) is 5.07. The summed E-state index contributed by atoms with van der Waals surface area (Å²) in [5.74, 6) is 0.562. The number of carbonyl (C=O) groups is 2. The molecule has 2 amide bonds. The van der Waals surface area contributed by atoms with Gasteiger partial charge in [-0.05, 0) is 31.2 Å². The third-order valence-corrected chi connectivity index (χ3v) is 5.07. The van der Waals surface area contributed by atoms with Crippen molar-refractivity contribution in [3.05, 3.63) is 24.3 Å². The lowest BCUT2D eigenvalue weighted by atomic mass is 10.1. The average molecular weight is 319 g/mol. The largest absolute Gasteiger partial charge is 0.497 e. The number of amides is 2. The zero-order valence-corrected chi connectivity index (χ0v) is 13.8. The molecule has 0 radical (unpaired) electrons. The lowest BCUT2D eigenvalue weighted by Crippen LogP contribution is -3.29. The van der Waals surface area contributed by atoms with Crippen LogP contribution in [0.4, 0.5) is 5.69 Å². The molecule has 23 heavy (non-hydrogen) atoms. The van der Waals surface area contributed by atoms with Crippen LogP contribution in [0.1, 0.15) is 13.3 Å². The Morgan fingerprint density at radius 1 is 1.13 bits per heavy atom. The predicted octanol–water partition coefficient (Wildman–Crippen LogP) is -1.87. The van der Waals surface area contributed by atoms with Gasteiger partial charge in [0, 0.05) is 0 Å². The first-order chi connectivity index (χ1) is 11.1. The number of piperazine rings is 1. The smallest absolute Gasteiger partial charge is 0.292 e. The molecule has 1 atom stereocenters. The maximum atomic E-state index is 12.8. The fourth-order valence-corrected chi connectivity index (χ4v) is 3.58. The van der Waals surface area contributed by atoms with Crippen molar-refractivity contribution >= 4 is 17.5 Å². The number of quaternary nitrogens is 2. The van der Waals surface area contributed by atoms with E-state index in [4.69, 9.17) is 4.74 Å². The lowest BCUT2D eigenvalue weighted by molar-refractivity contribution is -1.02. The molecular formula is C17H25N3O3+2. The molecule has 3 rings (SSSR count). The Labute approximate surface area is 136 Å². The van der Waals surface area contributed by atoms with Crippen molar-refractivity contribution in [1.82, 2.24) is 0 Å². The van der Waals surface area contributed by atoms with Crippen LogP contribution in [0.5, 0.6) is 5.75 Å². The van der Waals surface area contributed by atoms with E-state index in [-0.39, 0.29) is 17.9 Å². The van der Waals surface area contributed by atoms with Crippen LogP contribution >= 0.6 is 0 Å². The molecule has 124 valence electrons. The Hall–Kier alpha value is -1.92. The number of carbonyl (C=O) groups excluding carboxylic acids is 2. The van der Waals surface area contributed by atoms with Crippen LogP contribution in [0.15, 0.2) is 24.3 Å². The molecule has 2 saturated heterocycles. The second-order valence-corrected chi connectivity index (χ2v) is 6.28. The number of hydrogen-bond acceptors (Lipinski definition) is 3. The van der Waals surface area contributed by atoms with Crippen molar-refractivity contribution in [2.45, 2.75) is 19.4 Å². The van der Waals surface area contributed by atoms with Crippen molar-refractivity contribution in [2.75, 3.05) is 44.7 Å². The molecule has 2 aliphatic heterocycles. The van der Waals surface area contributed by atoms with Gasteiger partial charge in [-0.25, -0.2) is 4.90 Å². The summed E-state index contributed by atoms with van der Waals surface area (Å²) in [6.45, 7) is 7.39. The number of methoxy groups -OCH3 is 1. The molecule has 2 aliphatic rings. The molecule has 0 unspecified atom stereocenters. The molecule has 6 nitrogen and oxygen atoms in total. The van der Waals surface area contributed by atoms with Crippen molar-refractivity contribution < 1.29 is 24.1 Å². The first-order valence-corrected chi connectivity index (χ1v) is 8.33. The van der Waals surface area contributed by atoms with E-state index in [1.54, 1.807) is 36.3 Å². The Bertz CT molecular complexity index is 579.